The summed E-state index contributed by atoms with van der Waals surface area (Å²) in [5.41, 5.74) is -0.283. The van der Waals surface area contributed by atoms with Gasteiger partial charge in [0.05, 0.1) is 31.4 Å². The first kappa shape index (κ1) is 34.3. The molecule has 15 nitrogen and oxygen atoms in total. The molecule has 0 saturated heterocycles. The minimum absolute atomic E-state index is 0.0168. The number of carbonyl (C=O) groups is 2. The predicted octanol–water partition coefficient (Wildman–Crippen LogP) is 6.35. The highest BCUT2D eigenvalue weighted by Crippen LogP contribution is 2.47. The van der Waals surface area contributed by atoms with E-state index in [4.69, 9.17) is 34.3 Å². The molecule has 0 radical (unpaired) electrons. The van der Waals surface area contributed by atoms with Crippen LogP contribution in [0.15, 0.2) is 30.3 Å². The number of nitrogens with zero attached hydrogens (tertiary/aromatic N) is 2. The van der Waals surface area contributed by atoms with Crippen molar-refractivity contribution in [1.29, 1.82) is 0 Å². The molecular formula is C26H28N2O13S2. The Morgan fingerprint density at radius 3 is 1.77 bits per heavy atom. The van der Waals surface area contributed by atoms with Crippen molar-refractivity contribution >= 4 is 60.5 Å². The first-order valence-electron chi connectivity index (χ1n) is 12.1. The molecule has 0 amide bonds. The maximum Gasteiger partial charge on any atom is 0.349 e. The highest BCUT2D eigenvalue weighted by Gasteiger charge is 2.30. The number of fused-ring (bicyclic) bond motifs is 2. The highest BCUT2D eigenvalue weighted by atomic mass is 32.1. The molecule has 4 rings (SSSR count). The lowest BCUT2D eigenvalue weighted by molar-refractivity contribution is -0.742. The van der Waals surface area contributed by atoms with Gasteiger partial charge in [0.15, 0.2) is 27.0 Å². The third kappa shape index (κ3) is 8.55. The Balaban J connectivity index is 0.000000269. The molecule has 0 aliphatic heterocycles. The standard InChI is InChI=1S/C13H13NO6S.C13H14O4S.HNO3/c1-6(2)20-11-9-8(21-12(11)13(15)16)5-4-7(19-3)10(9)14(17)18;1-7(2)17-11-9-6-8(16-3)4-5-10(9)18-12(11)13(14)15;2-1(3)4/h4-6H,1-3H3,(H,15,16);4-7H,1-3H3,(H,14,15);(H,2,3,4). The van der Waals surface area contributed by atoms with Crippen LogP contribution >= 0.6 is 22.7 Å². The van der Waals surface area contributed by atoms with Crippen LogP contribution in [-0.2, 0) is 0 Å². The molecule has 0 fully saturated rings. The highest BCUT2D eigenvalue weighted by molar-refractivity contribution is 7.21. The van der Waals surface area contributed by atoms with Gasteiger partial charge in [0, 0.05) is 14.8 Å². The van der Waals surface area contributed by atoms with E-state index in [1.54, 1.807) is 33.1 Å². The van der Waals surface area contributed by atoms with E-state index in [9.17, 15) is 29.9 Å². The Morgan fingerprint density at radius 1 is 0.814 bits per heavy atom. The molecule has 3 N–H and O–H groups in total. The van der Waals surface area contributed by atoms with Crippen LogP contribution in [0.25, 0.3) is 20.2 Å². The first-order valence-corrected chi connectivity index (χ1v) is 13.8. The third-order valence-electron chi connectivity index (χ3n) is 5.10. The Labute approximate surface area is 251 Å². The molecule has 0 aliphatic rings. The minimum Gasteiger partial charge on any atom is -0.497 e. The van der Waals surface area contributed by atoms with Crippen molar-refractivity contribution in [2.75, 3.05) is 14.2 Å². The zero-order chi connectivity index (χ0) is 32.6. The van der Waals surface area contributed by atoms with Gasteiger partial charge in [-0.3, -0.25) is 10.1 Å². The molecule has 0 bridgehead atoms. The van der Waals surface area contributed by atoms with E-state index in [1.807, 2.05) is 26.0 Å². The zero-order valence-electron chi connectivity index (χ0n) is 23.7. The molecule has 2 aromatic carbocycles. The molecular weight excluding hydrogens is 612 g/mol. The topological polar surface area (TPSA) is 218 Å². The normalized spacial score (nSPS) is 10.4. The zero-order valence-corrected chi connectivity index (χ0v) is 25.3. The van der Waals surface area contributed by atoms with Gasteiger partial charge in [-0.15, -0.1) is 32.8 Å². The van der Waals surface area contributed by atoms with E-state index < -0.39 is 21.9 Å². The summed E-state index contributed by atoms with van der Waals surface area (Å²) in [6.07, 6.45) is -0.390. The van der Waals surface area contributed by atoms with Gasteiger partial charge in [0.2, 0.25) is 0 Å². The molecule has 17 heteroatoms. The van der Waals surface area contributed by atoms with E-state index in [0.717, 1.165) is 21.4 Å². The van der Waals surface area contributed by atoms with Gasteiger partial charge in [-0.2, -0.15) is 0 Å². The monoisotopic (exact) mass is 640 g/mol. The maximum atomic E-state index is 11.3. The lowest BCUT2D eigenvalue weighted by atomic mass is 10.2. The smallest absolute Gasteiger partial charge is 0.349 e. The number of rotatable bonds is 9. The van der Waals surface area contributed by atoms with Crippen molar-refractivity contribution in [3.8, 4) is 23.0 Å². The SMILES string of the molecule is COc1ccc2sc(C(=O)O)c(OC(C)C)c2c1.COc1ccc2sc(C(=O)O)c(OC(C)C)c2c1[N+](=O)[O-].O=[N+]([O-])O. The molecule has 0 aliphatic carbocycles. The quantitative estimate of drug-likeness (QED) is 0.134. The molecule has 0 spiro atoms. The van der Waals surface area contributed by atoms with Crippen LogP contribution in [0.2, 0.25) is 0 Å². The predicted molar refractivity (Wildman–Crippen MR) is 158 cm³/mol. The van der Waals surface area contributed by atoms with Gasteiger partial charge in [0.25, 0.3) is 5.09 Å². The van der Waals surface area contributed by atoms with Crippen molar-refractivity contribution in [1.82, 2.24) is 0 Å². The maximum absolute atomic E-state index is 11.3. The minimum atomic E-state index is -1.50. The van der Waals surface area contributed by atoms with Crippen LogP contribution in [0.1, 0.15) is 47.0 Å². The number of nitro benzene ring substituents is 1. The van der Waals surface area contributed by atoms with Crippen LogP contribution in [0, 0.1) is 20.2 Å². The number of benzene rings is 2. The number of carboxylic acids is 2. The second kappa shape index (κ2) is 14.8. The number of aromatic carboxylic acids is 2. The summed E-state index contributed by atoms with van der Waals surface area (Å²) in [6.45, 7) is 7.19. The van der Waals surface area contributed by atoms with Crippen LogP contribution in [0.4, 0.5) is 5.69 Å². The van der Waals surface area contributed by atoms with Crippen LogP contribution in [0.5, 0.6) is 23.0 Å². The number of nitro groups is 1. The average molecular weight is 641 g/mol. The van der Waals surface area contributed by atoms with E-state index in [2.05, 4.69) is 0 Å². The number of hydrogen-bond donors (Lipinski definition) is 3. The Kier molecular flexibility index (Phi) is 11.8. The van der Waals surface area contributed by atoms with Crippen LogP contribution in [-0.4, -0.2) is 63.8 Å². The van der Waals surface area contributed by atoms with E-state index in [1.165, 1.54) is 24.5 Å². The fourth-order valence-electron chi connectivity index (χ4n) is 3.64. The Hall–Kier alpha value is -4.90. The molecule has 4 aromatic rings. The summed E-state index contributed by atoms with van der Waals surface area (Å²) in [7, 11) is 2.90. The summed E-state index contributed by atoms with van der Waals surface area (Å²) >= 11 is 2.15. The molecule has 0 saturated carbocycles. The van der Waals surface area contributed by atoms with E-state index >= 15 is 0 Å². The number of ether oxygens (including phenoxy) is 4. The second-order valence-electron chi connectivity index (χ2n) is 8.81. The Morgan fingerprint density at radius 2 is 1.30 bits per heavy atom. The van der Waals surface area contributed by atoms with Gasteiger partial charge in [0.1, 0.15) is 11.1 Å². The lowest BCUT2D eigenvalue weighted by Crippen LogP contribution is -2.08. The van der Waals surface area contributed by atoms with Crippen LogP contribution in [0.3, 0.4) is 0 Å². The van der Waals surface area contributed by atoms with Crippen molar-refractivity contribution < 1.29 is 54.0 Å². The van der Waals surface area contributed by atoms with Crippen molar-refractivity contribution in [2.45, 2.75) is 39.9 Å². The summed E-state index contributed by atoms with van der Waals surface area (Å²) in [5.74, 6) is -0.952. The fraction of sp³-hybridized carbons (Fsp3) is 0.308. The molecule has 43 heavy (non-hydrogen) atoms. The summed E-state index contributed by atoms with van der Waals surface area (Å²) in [6, 6.07) is 8.49. The molecule has 232 valence electrons. The average Bonchev–Trinajstić information content (AvgIpc) is 3.45. The van der Waals surface area contributed by atoms with Crippen molar-refractivity contribution in [3.63, 3.8) is 0 Å². The fourth-order valence-corrected chi connectivity index (χ4v) is 5.57. The largest absolute Gasteiger partial charge is 0.497 e. The third-order valence-corrected chi connectivity index (χ3v) is 7.36. The second-order valence-corrected chi connectivity index (χ2v) is 10.9. The van der Waals surface area contributed by atoms with Gasteiger partial charge < -0.3 is 34.4 Å². The number of thiophene rings is 2. The Bertz CT molecular complexity index is 1640. The number of hydrogen-bond acceptors (Lipinski definition) is 12. The first-order chi connectivity index (χ1) is 20.1. The van der Waals surface area contributed by atoms with Gasteiger partial charge in [-0.05, 0) is 58.0 Å². The van der Waals surface area contributed by atoms with Gasteiger partial charge >= 0.3 is 17.6 Å². The summed E-state index contributed by atoms with van der Waals surface area (Å²) in [4.78, 5) is 41.8. The number of carboxylic acid groups (broad SMARTS) is 2. The van der Waals surface area contributed by atoms with Gasteiger partial charge in [-0.25, -0.2) is 9.59 Å². The lowest BCUT2D eigenvalue weighted by Gasteiger charge is -2.10. The van der Waals surface area contributed by atoms with Crippen molar-refractivity contribution in [2.24, 2.45) is 0 Å². The van der Waals surface area contributed by atoms with Gasteiger partial charge in [-0.1, -0.05) is 0 Å². The molecule has 2 aromatic heterocycles. The number of methoxy groups -OCH3 is 2. The molecule has 0 unspecified atom stereocenters. The van der Waals surface area contributed by atoms with E-state index in [-0.39, 0.29) is 44.5 Å². The molecule has 0 atom stereocenters. The van der Waals surface area contributed by atoms with Crippen molar-refractivity contribution in [3.05, 3.63) is 60.3 Å². The summed E-state index contributed by atoms with van der Waals surface area (Å²) in [5, 5.41) is 44.4. The summed E-state index contributed by atoms with van der Waals surface area (Å²) < 4.78 is 22.7. The van der Waals surface area contributed by atoms with Crippen LogP contribution < -0.4 is 18.9 Å². The van der Waals surface area contributed by atoms with E-state index in [0.29, 0.717) is 16.2 Å². The molecule has 2 heterocycles.